The Morgan fingerprint density at radius 1 is 1.18 bits per heavy atom. The minimum atomic E-state index is -0.146. The molecule has 1 aromatic carbocycles. The smallest absolute Gasteiger partial charge is 0.253 e. The molecule has 34 heavy (non-hydrogen) atoms. The van der Waals surface area contributed by atoms with Crippen molar-refractivity contribution in [2.45, 2.75) is 20.1 Å². The molecule has 3 aromatic heterocycles. The lowest BCUT2D eigenvalue weighted by Crippen LogP contribution is -2.27. The van der Waals surface area contributed by atoms with Gasteiger partial charge in [0.25, 0.3) is 5.91 Å². The number of carbonyl (C=O) groups excluding carboxylic acids is 1. The molecule has 0 saturated heterocycles. The quantitative estimate of drug-likeness (QED) is 0.317. The van der Waals surface area contributed by atoms with Crippen molar-refractivity contribution in [3.63, 3.8) is 0 Å². The summed E-state index contributed by atoms with van der Waals surface area (Å²) in [6.45, 7) is 3.66. The Kier molecular flexibility index (Phi) is 7.66. The van der Waals surface area contributed by atoms with Crippen molar-refractivity contribution in [2.24, 2.45) is 0 Å². The SMILES string of the molecule is COCCNC(=O)c1cc(-c2csc(COc3ccc(OC)cc3)n2)n(Cc2ccco2)c1C. The lowest BCUT2D eigenvalue weighted by molar-refractivity contribution is 0.0936. The van der Waals surface area contributed by atoms with Crippen LogP contribution in [0.5, 0.6) is 11.5 Å². The zero-order valence-electron chi connectivity index (χ0n) is 19.4. The zero-order valence-corrected chi connectivity index (χ0v) is 20.2. The van der Waals surface area contributed by atoms with Gasteiger partial charge in [0.1, 0.15) is 28.9 Å². The molecule has 0 radical (unpaired) electrons. The second-order valence-corrected chi connectivity index (χ2v) is 8.48. The summed E-state index contributed by atoms with van der Waals surface area (Å²) in [5.41, 5.74) is 3.06. The number of ether oxygens (including phenoxy) is 3. The van der Waals surface area contributed by atoms with Crippen molar-refractivity contribution in [2.75, 3.05) is 27.4 Å². The fourth-order valence-electron chi connectivity index (χ4n) is 3.52. The van der Waals surface area contributed by atoms with E-state index in [1.54, 1.807) is 20.5 Å². The number of rotatable bonds is 11. The van der Waals surface area contributed by atoms with Crippen LogP contribution in [0.15, 0.2) is 58.5 Å². The van der Waals surface area contributed by atoms with E-state index in [0.717, 1.165) is 39.3 Å². The fraction of sp³-hybridized carbons (Fsp3) is 0.280. The maximum absolute atomic E-state index is 12.8. The van der Waals surface area contributed by atoms with Gasteiger partial charge >= 0.3 is 0 Å². The summed E-state index contributed by atoms with van der Waals surface area (Å²) in [6, 6.07) is 13.1. The summed E-state index contributed by atoms with van der Waals surface area (Å²) in [4.78, 5) is 17.6. The standard InChI is InChI=1S/C25H27N3O5S/c1-17-21(25(29)26-10-12-30-2)13-23(28(17)14-20-5-4-11-32-20)22-16-34-24(27-22)15-33-19-8-6-18(31-3)7-9-19/h4-9,11,13,16H,10,12,14-15H2,1-3H3,(H,26,29). The van der Waals surface area contributed by atoms with Crippen LogP contribution < -0.4 is 14.8 Å². The number of methoxy groups -OCH3 is 2. The molecule has 0 bridgehead atoms. The molecule has 0 fully saturated rings. The van der Waals surface area contributed by atoms with Gasteiger partial charge in [0.2, 0.25) is 0 Å². The number of nitrogens with zero attached hydrogens (tertiary/aromatic N) is 2. The molecule has 0 spiro atoms. The summed E-state index contributed by atoms with van der Waals surface area (Å²) in [5.74, 6) is 2.17. The second-order valence-electron chi connectivity index (χ2n) is 7.53. The minimum absolute atomic E-state index is 0.146. The molecule has 0 saturated carbocycles. The van der Waals surface area contributed by atoms with Gasteiger partial charge in [-0.05, 0) is 49.4 Å². The van der Waals surface area contributed by atoms with E-state index in [2.05, 4.69) is 5.32 Å². The molecule has 8 nitrogen and oxygen atoms in total. The van der Waals surface area contributed by atoms with E-state index >= 15 is 0 Å². The molecular formula is C25H27N3O5S. The molecule has 4 aromatic rings. The Morgan fingerprint density at radius 3 is 2.68 bits per heavy atom. The van der Waals surface area contributed by atoms with Gasteiger partial charge in [0, 0.05) is 24.7 Å². The molecule has 9 heteroatoms. The molecule has 0 atom stereocenters. The molecule has 1 amide bonds. The normalized spacial score (nSPS) is 10.9. The lowest BCUT2D eigenvalue weighted by Gasteiger charge is -2.09. The number of furan rings is 1. The highest BCUT2D eigenvalue weighted by molar-refractivity contribution is 7.09. The van der Waals surface area contributed by atoms with Crippen molar-refractivity contribution in [1.29, 1.82) is 0 Å². The van der Waals surface area contributed by atoms with Crippen LogP contribution >= 0.6 is 11.3 Å². The van der Waals surface area contributed by atoms with E-state index in [4.69, 9.17) is 23.6 Å². The van der Waals surface area contributed by atoms with E-state index in [1.807, 2.05) is 59.3 Å². The number of amides is 1. The fourth-order valence-corrected chi connectivity index (χ4v) is 4.22. The first-order valence-corrected chi connectivity index (χ1v) is 11.7. The predicted molar refractivity (Wildman–Crippen MR) is 130 cm³/mol. The minimum Gasteiger partial charge on any atom is -0.497 e. The molecule has 0 aliphatic rings. The van der Waals surface area contributed by atoms with Crippen LogP contribution in [-0.4, -0.2) is 42.8 Å². The average Bonchev–Trinajstić information content (AvgIpc) is 3.60. The van der Waals surface area contributed by atoms with Gasteiger partial charge in [0.05, 0.1) is 43.5 Å². The van der Waals surface area contributed by atoms with Gasteiger partial charge < -0.3 is 28.5 Å². The van der Waals surface area contributed by atoms with Gasteiger partial charge in [-0.3, -0.25) is 4.79 Å². The number of aromatic nitrogens is 2. The molecule has 0 aliphatic carbocycles. The first-order chi connectivity index (χ1) is 16.6. The third kappa shape index (κ3) is 5.49. The van der Waals surface area contributed by atoms with Crippen molar-refractivity contribution < 1.29 is 23.4 Å². The van der Waals surface area contributed by atoms with Crippen LogP contribution in [0.1, 0.15) is 26.8 Å². The average molecular weight is 482 g/mol. The molecule has 3 heterocycles. The van der Waals surface area contributed by atoms with Crippen molar-refractivity contribution in [3.8, 4) is 22.9 Å². The Balaban J connectivity index is 1.56. The van der Waals surface area contributed by atoms with Gasteiger partial charge in [-0.15, -0.1) is 11.3 Å². The largest absolute Gasteiger partial charge is 0.497 e. The summed E-state index contributed by atoms with van der Waals surface area (Å²) in [7, 11) is 3.23. The van der Waals surface area contributed by atoms with Crippen LogP contribution in [0.2, 0.25) is 0 Å². The summed E-state index contributed by atoms with van der Waals surface area (Å²) in [5, 5.41) is 5.71. The Hall–Kier alpha value is -3.56. The van der Waals surface area contributed by atoms with Gasteiger partial charge in [0.15, 0.2) is 0 Å². The number of hydrogen-bond acceptors (Lipinski definition) is 7. The predicted octanol–water partition coefficient (Wildman–Crippen LogP) is 4.53. The monoisotopic (exact) mass is 481 g/mol. The van der Waals surface area contributed by atoms with Crippen LogP contribution in [-0.2, 0) is 17.9 Å². The molecular weight excluding hydrogens is 454 g/mol. The van der Waals surface area contributed by atoms with Crippen LogP contribution in [0.3, 0.4) is 0 Å². The summed E-state index contributed by atoms with van der Waals surface area (Å²) in [6.07, 6.45) is 1.64. The molecule has 0 aliphatic heterocycles. The number of benzene rings is 1. The second kappa shape index (κ2) is 11.0. The third-order valence-electron chi connectivity index (χ3n) is 5.33. The van der Waals surface area contributed by atoms with E-state index in [1.165, 1.54) is 11.3 Å². The zero-order chi connectivity index (χ0) is 23.9. The topological polar surface area (TPSA) is 87.8 Å². The Labute approximate surface area is 202 Å². The summed E-state index contributed by atoms with van der Waals surface area (Å²) >= 11 is 1.51. The van der Waals surface area contributed by atoms with E-state index in [0.29, 0.717) is 31.9 Å². The van der Waals surface area contributed by atoms with Crippen molar-refractivity contribution in [3.05, 3.63) is 76.1 Å². The van der Waals surface area contributed by atoms with Crippen molar-refractivity contribution in [1.82, 2.24) is 14.9 Å². The highest BCUT2D eigenvalue weighted by atomic mass is 32.1. The molecule has 0 unspecified atom stereocenters. The van der Waals surface area contributed by atoms with E-state index in [-0.39, 0.29) is 5.91 Å². The lowest BCUT2D eigenvalue weighted by atomic mass is 10.2. The van der Waals surface area contributed by atoms with Crippen LogP contribution in [0.4, 0.5) is 0 Å². The van der Waals surface area contributed by atoms with Gasteiger partial charge in [-0.25, -0.2) is 4.98 Å². The number of nitrogens with one attached hydrogen (secondary N) is 1. The van der Waals surface area contributed by atoms with Gasteiger partial charge in [-0.1, -0.05) is 0 Å². The van der Waals surface area contributed by atoms with Crippen LogP contribution in [0, 0.1) is 6.92 Å². The first kappa shape index (κ1) is 23.6. The number of hydrogen-bond donors (Lipinski definition) is 1. The van der Waals surface area contributed by atoms with E-state index in [9.17, 15) is 4.79 Å². The Morgan fingerprint density at radius 2 is 1.97 bits per heavy atom. The third-order valence-corrected chi connectivity index (χ3v) is 6.16. The van der Waals surface area contributed by atoms with Crippen LogP contribution in [0.25, 0.3) is 11.4 Å². The molecule has 4 rings (SSSR count). The Bertz CT molecular complexity index is 1210. The summed E-state index contributed by atoms with van der Waals surface area (Å²) < 4.78 is 23.7. The van der Waals surface area contributed by atoms with Crippen molar-refractivity contribution >= 4 is 17.2 Å². The maximum atomic E-state index is 12.8. The maximum Gasteiger partial charge on any atom is 0.253 e. The highest BCUT2D eigenvalue weighted by Gasteiger charge is 2.21. The number of thiazole rings is 1. The molecule has 1 N–H and O–H groups in total. The van der Waals surface area contributed by atoms with Gasteiger partial charge in [-0.2, -0.15) is 0 Å². The van der Waals surface area contributed by atoms with E-state index < -0.39 is 0 Å². The molecule has 178 valence electrons. The first-order valence-electron chi connectivity index (χ1n) is 10.8. The highest BCUT2D eigenvalue weighted by Crippen LogP contribution is 2.29. The number of carbonyl (C=O) groups is 1.